The third kappa shape index (κ3) is 4.95. The number of benzene rings is 1. The molecule has 22 heavy (non-hydrogen) atoms. The van der Waals surface area contributed by atoms with E-state index in [1.165, 1.54) is 14.2 Å². The molecule has 6 heteroatoms. The maximum absolute atomic E-state index is 12.2. The maximum Gasteiger partial charge on any atom is 0.346 e. The van der Waals surface area contributed by atoms with E-state index < -0.39 is 5.97 Å². The molecule has 1 rings (SSSR count). The van der Waals surface area contributed by atoms with Crippen LogP contribution in [-0.2, 0) is 9.53 Å². The molecule has 0 aliphatic heterocycles. The molecule has 0 radical (unpaired) electrons. The standard InChI is InChI=1S/C16H23NO5/c1-5-7-11(2)17-14(18)10-22-16(19)15-12(20-3)8-6-9-13(15)21-4/h6,8-9,11H,5,7,10H2,1-4H3,(H,17,18)/t11-/m0/s1. The van der Waals surface area contributed by atoms with Crippen LogP contribution in [0.4, 0.5) is 0 Å². The number of methoxy groups -OCH3 is 2. The summed E-state index contributed by atoms with van der Waals surface area (Å²) < 4.78 is 15.3. The van der Waals surface area contributed by atoms with Crippen LogP contribution >= 0.6 is 0 Å². The van der Waals surface area contributed by atoms with Crippen molar-refractivity contribution in [3.05, 3.63) is 23.8 Å². The molecule has 6 nitrogen and oxygen atoms in total. The van der Waals surface area contributed by atoms with E-state index in [1.807, 2.05) is 13.8 Å². The van der Waals surface area contributed by atoms with E-state index in [2.05, 4.69) is 5.32 Å². The Labute approximate surface area is 130 Å². The molecule has 0 bridgehead atoms. The molecule has 1 aromatic carbocycles. The summed E-state index contributed by atoms with van der Waals surface area (Å²) in [7, 11) is 2.90. The number of hydrogen-bond acceptors (Lipinski definition) is 5. The van der Waals surface area contributed by atoms with E-state index in [9.17, 15) is 9.59 Å². The Morgan fingerprint density at radius 1 is 1.18 bits per heavy atom. The number of esters is 1. The van der Waals surface area contributed by atoms with Crippen LogP contribution < -0.4 is 14.8 Å². The molecular weight excluding hydrogens is 286 g/mol. The minimum absolute atomic E-state index is 0.0528. The molecule has 1 atom stereocenters. The van der Waals surface area contributed by atoms with Gasteiger partial charge >= 0.3 is 5.97 Å². The van der Waals surface area contributed by atoms with Gasteiger partial charge in [-0.05, 0) is 25.5 Å². The van der Waals surface area contributed by atoms with Crippen molar-refractivity contribution in [2.45, 2.75) is 32.7 Å². The van der Waals surface area contributed by atoms with E-state index in [-0.39, 0.29) is 24.1 Å². The van der Waals surface area contributed by atoms with Crippen LogP contribution in [0.2, 0.25) is 0 Å². The normalized spacial score (nSPS) is 11.5. The van der Waals surface area contributed by atoms with Crippen LogP contribution in [0.5, 0.6) is 11.5 Å². The Hall–Kier alpha value is -2.24. The molecule has 0 aliphatic rings. The Morgan fingerprint density at radius 2 is 1.77 bits per heavy atom. The van der Waals surface area contributed by atoms with Crippen LogP contribution in [0.1, 0.15) is 37.0 Å². The zero-order valence-electron chi connectivity index (χ0n) is 13.5. The SMILES string of the molecule is CCC[C@H](C)NC(=O)COC(=O)c1c(OC)cccc1OC. The van der Waals surface area contributed by atoms with Gasteiger partial charge in [0.15, 0.2) is 6.61 Å². The lowest BCUT2D eigenvalue weighted by molar-refractivity contribution is -0.124. The molecule has 1 amide bonds. The monoisotopic (exact) mass is 309 g/mol. The number of hydrogen-bond donors (Lipinski definition) is 1. The minimum atomic E-state index is -0.660. The number of ether oxygens (including phenoxy) is 3. The number of rotatable bonds is 8. The first-order chi connectivity index (χ1) is 10.5. The van der Waals surface area contributed by atoms with Crippen molar-refractivity contribution in [1.29, 1.82) is 0 Å². The van der Waals surface area contributed by atoms with Gasteiger partial charge in [0.1, 0.15) is 17.1 Å². The summed E-state index contributed by atoms with van der Waals surface area (Å²) in [5.74, 6) is -0.316. The van der Waals surface area contributed by atoms with E-state index in [0.717, 1.165) is 12.8 Å². The van der Waals surface area contributed by atoms with Gasteiger partial charge in [-0.1, -0.05) is 19.4 Å². The predicted octanol–water partition coefficient (Wildman–Crippen LogP) is 2.17. The van der Waals surface area contributed by atoms with Crippen molar-refractivity contribution >= 4 is 11.9 Å². The number of amides is 1. The summed E-state index contributed by atoms with van der Waals surface area (Å²) >= 11 is 0. The average molecular weight is 309 g/mol. The van der Waals surface area contributed by atoms with Crippen LogP contribution in [-0.4, -0.2) is 38.7 Å². The quantitative estimate of drug-likeness (QED) is 0.745. The van der Waals surface area contributed by atoms with Crippen molar-refractivity contribution < 1.29 is 23.8 Å². The van der Waals surface area contributed by atoms with Gasteiger partial charge in [0, 0.05) is 6.04 Å². The third-order valence-electron chi connectivity index (χ3n) is 3.10. The molecule has 1 N–H and O–H groups in total. The summed E-state index contributed by atoms with van der Waals surface area (Å²) in [6, 6.07) is 5.01. The Kier molecular flexibility index (Phi) is 7.22. The lowest BCUT2D eigenvalue weighted by Gasteiger charge is -2.14. The molecule has 0 saturated carbocycles. The highest BCUT2D eigenvalue weighted by molar-refractivity contribution is 5.96. The summed E-state index contributed by atoms with van der Waals surface area (Å²) in [6.07, 6.45) is 1.85. The molecule has 0 unspecified atom stereocenters. The fourth-order valence-electron chi connectivity index (χ4n) is 2.08. The van der Waals surface area contributed by atoms with Crippen molar-refractivity contribution in [1.82, 2.24) is 5.32 Å². The highest BCUT2D eigenvalue weighted by atomic mass is 16.5. The van der Waals surface area contributed by atoms with Gasteiger partial charge in [-0.3, -0.25) is 4.79 Å². The number of carbonyl (C=O) groups excluding carboxylic acids is 2. The Morgan fingerprint density at radius 3 is 2.27 bits per heavy atom. The number of nitrogens with one attached hydrogen (secondary N) is 1. The van der Waals surface area contributed by atoms with Crippen molar-refractivity contribution in [3.8, 4) is 11.5 Å². The van der Waals surface area contributed by atoms with Gasteiger partial charge in [0.05, 0.1) is 14.2 Å². The van der Waals surface area contributed by atoms with Gasteiger partial charge < -0.3 is 19.5 Å². The minimum Gasteiger partial charge on any atom is -0.496 e. The molecule has 122 valence electrons. The van der Waals surface area contributed by atoms with E-state index in [4.69, 9.17) is 14.2 Å². The highest BCUT2D eigenvalue weighted by Crippen LogP contribution is 2.28. The van der Waals surface area contributed by atoms with Gasteiger partial charge in [0.2, 0.25) is 0 Å². The molecule has 0 fully saturated rings. The molecule has 0 spiro atoms. The van der Waals surface area contributed by atoms with Crippen molar-refractivity contribution in [3.63, 3.8) is 0 Å². The van der Waals surface area contributed by atoms with Gasteiger partial charge in [-0.25, -0.2) is 4.79 Å². The summed E-state index contributed by atoms with van der Waals surface area (Å²) in [4.78, 5) is 23.9. The maximum atomic E-state index is 12.2. The van der Waals surface area contributed by atoms with Crippen LogP contribution in [0.25, 0.3) is 0 Å². The second-order valence-corrected chi connectivity index (χ2v) is 4.87. The number of carbonyl (C=O) groups is 2. The largest absolute Gasteiger partial charge is 0.496 e. The van der Waals surface area contributed by atoms with Gasteiger partial charge in [0.25, 0.3) is 5.91 Å². The Balaban J connectivity index is 2.68. The highest BCUT2D eigenvalue weighted by Gasteiger charge is 2.20. The summed E-state index contributed by atoms with van der Waals surface area (Å²) in [5.41, 5.74) is 0.168. The summed E-state index contributed by atoms with van der Waals surface area (Å²) in [5, 5.41) is 2.77. The van der Waals surface area contributed by atoms with E-state index in [1.54, 1.807) is 18.2 Å². The molecule has 0 aliphatic carbocycles. The molecule has 0 aromatic heterocycles. The first kappa shape index (κ1) is 17.8. The zero-order valence-corrected chi connectivity index (χ0v) is 13.5. The fraction of sp³-hybridized carbons (Fsp3) is 0.500. The van der Waals surface area contributed by atoms with Crippen LogP contribution in [0.3, 0.4) is 0 Å². The van der Waals surface area contributed by atoms with Crippen LogP contribution in [0.15, 0.2) is 18.2 Å². The van der Waals surface area contributed by atoms with E-state index in [0.29, 0.717) is 11.5 Å². The first-order valence-electron chi connectivity index (χ1n) is 7.20. The van der Waals surface area contributed by atoms with Crippen molar-refractivity contribution in [2.24, 2.45) is 0 Å². The van der Waals surface area contributed by atoms with Gasteiger partial charge in [-0.15, -0.1) is 0 Å². The Bertz CT molecular complexity index is 493. The average Bonchev–Trinajstić information content (AvgIpc) is 2.51. The molecular formula is C16H23NO5. The van der Waals surface area contributed by atoms with Crippen molar-refractivity contribution in [2.75, 3.05) is 20.8 Å². The van der Waals surface area contributed by atoms with Gasteiger partial charge in [-0.2, -0.15) is 0 Å². The lowest BCUT2D eigenvalue weighted by Crippen LogP contribution is -2.35. The smallest absolute Gasteiger partial charge is 0.346 e. The first-order valence-corrected chi connectivity index (χ1v) is 7.20. The molecule has 1 aromatic rings. The second-order valence-electron chi connectivity index (χ2n) is 4.87. The predicted molar refractivity (Wildman–Crippen MR) is 82.3 cm³/mol. The van der Waals surface area contributed by atoms with Crippen LogP contribution in [0, 0.1) is 0 Å². The third-order valence-corrected chi connectivity index (χ3v) is 3.10. The summed E-state index contributed by atoms with van der Waals surface area (Å²) in [6.45, 7) is 3.61. The lowest BCUT2D eigenvalue weighted by atomic mass is 10.2. The van der Waals surface area contributed by atoms with E-state index >= 15 is 0 Å². The second kappa shape index (κ2) is 8.92. The topological polar surface area (TPSA) is 73.9 Å². The fourth-order valence-corrected chi connectivity index (χ4v) is 2.08. The molecule has 0 saturated heterocycles. The molecule has 0 heterocycles. The zero-order chi connectivity index (χ0) is 16.5.